The van der Waals surface area contributed by atoms with Crippen LogP contribution in [0.1, 0.15) is 0 Å². The summed E-state index contributed by atoms with van der Waals surface area (Å²) in [6.45, 7) is 1.07. The van der Waals surface area contributed by atoms with Crippen LogP contribution in [0.3, 0.4) is 0 Å². The first-order valence-electron chi connectivity index (χ1n) is 9.19. The number of anilines is 2. The fourth-order valence-corrected chi connectivity index (χ4v) is 3.22. The maximum atomic E-state index is 5.91. The fourth-order valence-electron chi connectivity index (χ4n) is 3.22. The molecule has 4 rings (SSSR count). The van der Waals surface area contributed by atoms with Gasteiger partial charge in [-0.05, 0) is 30.3 Å². The maximum absolute atomic E-state index is 5.91. The molecule has 8 nitrogen and oxygen atoms in total. The van der Waals surface area contributed by atoms with Gasteiger partial charge in [0.15, 0.2) is 0 Å². The Morgan fingerprint density at radius 3 is 2.66 bits per heavy atom. The van der Waals surface area contributed by atoms with Crippen molar-refractivity contribution in [3.8, 4) is 22.8 Å². The summed E-state index contributed by atoms with van der Waals surface area (Å²) in [5.41, 5.74) is 11.0. The second-order valence-electron chi connectivity index (χ2n) is 6.39. The van der Waals surface area contributed by atoms with Crippen LogP contribution in [-0.2, 0) is 0 Å². The molecule has 0 aliphatic heterocycles. The van der Waals surface area contributed by atoms with E-state index in [2.05, 4.69) is 20.1 Å². The summed E-state index contributed by atoms with van der Waals surface area (Å²) < 4.78 is 11.0. The third-order valence-corrected chi connectivity index (χ3v) is 4.66. The minimum atomic E-state index is 0.471. The van der Waals surface area contributed by atoms with E-state index in [1.54, 1.807) is 32.8 Å². The van der Waals surface area contributed by atoms with Crippen LogP contribution in [0.2, 0.25) is 0 Å². The number of ether oxygens (including phenoxy) is 2. The summed E-state index contributed by atoms with van der Waals surface area (Å²) in [7, 11) is 3.29. The number of nitrogens with two attached hydrogens (primary N) is 1. The molecule has 4 aromatic rings. The highest BCUT2D eigenvalue weighted by atomic mass is 16.5. The minimum Gasteiger partial charge on any atom is -0.497 e. The summed E-state index contributed by atoms with van der Waals surface area (Å²) in [6.07, 6.45) is 5.26. The van der Waals surface area contributed by atoms with Crippen molar-refractivity contribution in [1.82, 2.24) is 20.2 Å². The van der Waals surface area contributed by atoms with Gasteiger partial charge in [-0.15, -0.1) is 0 Å². The second kappa shape index (κ2) is 8.15. The first-order chi connectivity index (χ1) is 14.2. The Balaban J connectivity index is 1.81. The molecule has 0 unspecified atom stereocenters. The lowest BCUT2D eigenvalue weighted by molar-refractivity contribution is 0.403. The quantitative estimate of drug-likeness (QED) is 0.500. The molecule has 0 amide bonds. The zero-order chi connectivity index (χ0) is 20.2. The van der Waals surface area contributed by atoms with Gasteiger partial charge in [-0.1, -0.05) is 0 Å². The molecule has 3 N–H and O–H groups in total. The van der Waals surface area contributed by atoms with Gasteiger partial charge in [0.05, 0.1) is 49.0 Å². The van der Waals surface area contributed by atoms with Crippen LogP contribution in [-0.4, -0.2) is 47.5 Å². The Kier molecular flexibility index (Phi) is 5.26. The Morgan fingerprint density at radius 2 is 1.93 bits per heavy atom. The van der Waals surface area contributed by atoms with Crippen LogP contribution < -0.4 is 20.1 Å². The van der Waals surface area contributed by atoms with Crippen LogP contribution in [0.5, 0.6) is 11.5 Å². The molecule has 0 atom stereocenters. The lowest BCUT2D eigenvalue weighted by atomic mass is 10.2. The standard InChI is InChI=1S/C21H22N6O2/c1-28-16-4-6-21(29-2)20(10-16)27(8-7-22)15-3-5-17-18(9-15)26-19(13-23-17)14-11-24-25-12-14/h3-6,9-13H,7-8,22H2,1-2H3,(H,24,25). The van der Waals surface area contributed by atoms with E-state index in [-0.39, 0.29) is 0 Å². The Hall–Kier alpha value is -3.65. The molecule has 8 heteroatoms. The summed E-state index contributed by atoms with van der Waals surface area (Å²) >= 11 is 0. The van der Waals surface area contributed by atoms with E-state index in [1.807, 2.05) is 36.4 Å². The molecule has 2 heterocycles. The number of nitrogens with zero attached hydrogens (tertiary/aromatic N) is 4. The van der Waals surface area contributed by atoms with Gasteiger partial charge in [0.2, 0.25) is 0 Å². The molecule has 2 aromatic carbocycles. The lowest BCUT2D eigenvalue weighted by Gasteiger charge is -2.26. The average molecular weight is 390 g/mol. The highest BCUT2D eigenvalue weighted by molar-refractivity contribution is 5.83. The number of aromatic amines is 1. The molecule has 148 valence electrons. The van der Waals surface area contributed by atoms with Crippen molar-refractivity contribution in [2.75, 3.05) is 32.2 Å². The van der Waals surface area contributed by atoms with Gasteiger partial charge in [-0.2, -0.15) is 5.10 Å². The van der Waals surface area contributed by atoms with Crippen LogP contribution in [0.15, 0.2) is 55.0 Å². The molecule has 2 aromatic heterocycles. The van der Waals surface area contributed by atoms with Crippen LogP contribution in [0.25, 0.3) is 22.3 Å². The fraction of sp³-hybridized carbons (Fsp3) is 0.190. The van der Waals surface area contributed by atoms with Crippen LogP contribution >= 0.6 is 0 Å². The highest BCUT2D eigenvalue weighted by Crippen LogP contribution is 2.37. The summed E-state index contributed by atoms with van der Waals surface area (Å²) in [5, 5.41) is 6.79. The summed E-state index contributed by atoms with van der Waals surface area (Å²) in [5.74, 6) is 1.48. The molecule has 0 saturated carbocycles. The molecule has 0 fully saturated rings. The van der Waals surface area contributed by atoms with E-state index < -0.39 is 0 Å². The van der Waals surface area contributed by atoms with Gasteiger partial charge in [-0.25, -0.2) is 4.98 Å². The molecule has 0 radical (unpaired) electrons. The topological polar surface area (TPSA) is 102 Å². The van der Waals surface area contributed by atoms with Crippen molar-refractivity contribution in [2.45, 2.75) is 0 Å². The predicted molar refractivity (Wildman–Crippen MR) is 113 cm³/mol. The van der Waals surface area contributed by atoms with Crippen molar-refractivity contribution in [2.24, 2.45) is 5.73 Å². The zero-order valence-corrected chi connectivity index (χ0v) is 16.3. The van der Waals surface area contributed by atoms with Gasteiger partial charge in [0.25, 0.3) is 0 Å². The third-order valence-electron chi connectivity index (χ3n) is 4.66. The molecule has 0 saturated heterocycles. The maximum Gasteiger partial charge on any atom is 0.142 e. The average Bonchev–Trinajstić information content (AvgIpc) is 3.31. The van der Waals surface area contributed by atoms with Gasteiger partial charge in [-0.3, -0.25) is 10.1 Å². The number of benzene rings is 2. The molecule has 0 aliphatic carbocycles. The minimum absolute atomic E-state index is 0.471. The van der Waals surface area contributed by atoms with E-state index in [0.717, 1.165) is 45.2 Å². The van der Waals surface area contributed by atoms with E-state index >= 15 is 0 Å². The van der Waals surface area contributed by atoms with E-state index in [1.165, 1.54) is 0 Å². The lowest BCUT2D eigenvalue weighted by Crippen LogP contribution is -2.25. The summed E-state index contributed by atoms with van der Waals surface area (Å²) in [4.78, 5) is 11.4. The number of rotatable bonds is 7. The van der Waals surface area contributed by atoms with Crippen LogP contribution in [0.4, 0.5) is 11.4 Å². The molecule has 0 bridgehead atoms. The molecule has 0 spiro atoms. The molecule has 0 aliphatic rings. The van der Waals surface area contributed by atoms with Crippen molar-refractivity contribution in [1.29, 1.82) is 0 Å². The first kappa shape index (κ1) is 18.7. The number of hydrogen-bond acceptors (Lipinski definition) is 7. The largest absolute Gasteiger partial charge is 0.497 e. The smallest absolute Gasteiger partial charge is 0.142 e. The van der Waals surface area contributed by atoms with Crippen molar-refractivity contribution >= 4 is 22.4 Å². The third kappa shape index (κ3) is 3.70. The van der Waals surface area contributed by atoms with Gasteiger partial charge < -0.3 is 20.1 Å². The second-order valence-corrected chi connectivity index (χ2v) is 6.39. The normalized spacial score (nSPS) is 10.9. The van der Waals surface area contributed by atoms with E-state index in [9.17, 15) is 0 Å². The Labute approximate surface area is 168 Å². The SMILES string of the molecule is COc1ccc(OC)c(N(CCN)c2ccc3ncc(-c4cn[nH]c4)nc3c2)c1. The molecular weight excluding hydrogens is 368 g/mol. The summed E-state index contributed by atoms with van der Waals surface area (Å²) in [6, 6.07) is 11.6. The molecule has 29 heavy (non-hydrogen) atoms. The predicted octanol–water partition coefficient (Wildman–Crippen LogP) is 3.13. The van der Waals surface area contributed by atoms with Crippen molar-refractivity contribution in [3.63, 3.8) is 0 Å². The van der Waals surface area contributed by atoms with Crippen molar-refractivity contribution in [3.05, 3.63) is 55.0 Å². The van der Waals surface area contributed by atoms with Crippen LogP contribution in [0, 0.1) is 0 Å². The number of nitrogens with one attached hydrogen (secondary N) is 1. The van der Waals surface area contributed by atoms with Gasteiger partial charge >= 0.3 is 0 Å². The van der Waals surface area contributed by atoms with Gasteiger partial charge in [0, 0.05) is 36.6 Å². The monoisotopic (exact) mass is 390 g/mol. The number of fused-ring (bicyclic) bond motifs is 1. The van der Waals surface area contributed by atoms with E-state index in [0.29, 0.717) is 13.1 Å². The number of aromatic nitrogens is 4. The van der Waals surface area contributed by atoms with Gasteiger partial charge in [0.1, 0.15) is 11.5 Å². The zero-order valence-electron chi connectivity index (χ0n) is 16.3. The number of H-pyrrole nitrogens is 1. The first-order valence-corrected chi connectivity index (χ1v) is 9.19. The molecular formula is C21H22N6O2. The highest BCUT2D eigenvalue weighted by Gasteiger charge is 2.16. The Bertz CT molecular complexity index is 1110. The number of methoxy groups -OCH3 is 2. The number of hydrogen-bond donors (Lipinski definition) is 2. The van der Waals surface area contributed by atoms with Crippen molar-refractivity contribution < 1.29 is 9.47 Å². The Morgan fingerprint density at radius 1 is 1.03 bits per heavy atom. The van der Waals surface area contributed by atoms with E-state index in [4.69, 9.17) is 20.2 Å².